The number of aromatic hydroxyl groups is 2. The minimum absolute atomic E-state index is 0.0183. The Morgan fingerprint density at radius 2 is 1.66 bits per heavy atom. The number of piperidine rings is 1. The zero-order chi connectivity index (χ0) is 38.5. The van der Waals surface area contributed by atoms with E-state index in [0.717, 1.165) is 4.90 Å². The summed E-state index contributed by atoms with van der Waals surface area (Å²) in [5.74, 6) is -7.82. The Morgan fingerprint density at radius 1 is 0.981 bits per heavy atom. The monoisotopic (exact) mass is 739 g/mol. The van der Waals surface area contributed by atoms with Crippen molar-refractivity contribution in [2.75, 3.05) is 13.7 Å². The number of carboxylic acids is 1. The Morgan fingerprint density at radius 3 is 2.32 bits per heavy atom. The molecule has 2 heterocycles. The van der Waals surface area contributed by atoms with Gasteiger partial charge in [-0.1, -0.05) is 12.1 Å². The molecule has 2 aliphatic carbocycles. The number of nitrogens with zero attached hydrogens (tertiary/aromatic N) is 1. The summed E-state index contributed by atoms with van der Waals surface area (Å²) in [5.41, 5.74) is -4.64. The first kappa shape index (κ1) is 37.5. The van der Waals surface area contributed by atoms with Crippen LogP contribution in [0.5, 0.6) is 17.2 Å². The number of ketones is 3. The molecule has 17 heteroatoms. The number of carbonyl (C=O) groups excluding carboxylic acids is 6. The van der Waals surface area contributed by atoms with Crippen molar-refractivity contribution in [2.24, 2.45) is 0 Å². The van der Waals surface area contributed by atoms with E-state index in [-0.39, 0.29) is 47.3 Å². The number of hydrogen-bond donors (Lipinski definition) is 5. The van der Waals surface area contributed by atoms with Crippen molar-refractivity contribution in [1.82, 2.24) is 4.90 Å². The van der Waals surface area contributed by atoms with Crippen molar-refractivity contribution in [2.45, 2.75) is 94.5 Å². The van der Waals surface area contributed by atoms with Crippen LogP contribution in [0.25, 0.3) is 0 Å². The number of carbonyl (C=O) groups is 7. The summed E-state index contributed by atoms with van der Waals surface area (Å²) in [6, 6.07) is 3.10. The predicted octanol–water partition coefficient (Wildman–Crippen LogP) is 0.997. The molecule has 0 unspecified atom stereocenters. The van der Waals surface area contributed by atoms with Gasteiger partial charge in [-0.3, -0.25) is 38.5 Å². The van der Waals surface area contributed by atoms with Gasteiger partial charge >= 0.3 is 11.9 Å². The van der Waals surface area contributed by atoms with Crippen molar-refractivity contribution in [3.05, 3.63) is 51.6 Å². The first-order valence-electron chi connectivity index (χ1n) is 16.9. The van der Waals surface area contributed by atoms with E-state index < -0.39 is 132 Å². The number of ether oxygens (including phenoxy) is 4. The number of benzene rings is 2. The highest BCUT2D eigenvalue weighted by Crippen LogP contribution is 2.52. The van der Waals surface area contributed by atoms with E-state index in [1.807, 2.05) is 0 Å². The first-order valence-corrected chi connectivity index (χ1v) is 16.9. The topological polar surface area (TPSA) is 261 Å². The number of hydrogen-bond acceptors (Lipinski definition) is 15. The summed E-state index contributed by atoms with van der Waals surface area (Å²) >= 11 is 0. The van der Waals surface area contributed by atoms with Gasteiger partial charge in [-0.15, -0.1) is 0 Å². The van der Waals surface area contributed by atoms with Crippen molar-refractivity contribution in [1.29, 1.82) is 0 Å². The number of aliphatic hydroxyl groups is 2. The van der Waals surface area contributed by atoms with E-state index in [4.69, 9.17) is 24.1 Å². The van der Waals surface area contributed by atoms with Crippen LogP contribution in [-0.2, 0) is 44.6 Å². The fourth-order valence-electron chi connectivity index (χ4n) is 7.50. The van der Waals surface area contributed by atoms with Crippen LogP contribution in [0.1, 0.15) is 101 Å². The molecule has 6 atom stereocenters. The second kappa shape index (κ2) is 14.3. The number of methoxy groups -OCH3 is 1. The molecule has 2 fully saturated rings. The second-order valence-corrected chi connectivity index (χ2v) is 13.5. The molecule has 0 spiro atoms. The molecule has 5 N–H and O–H groups in total. The average Bonchev–Trinajstić information content (AvgIpc) is 3.11. The zero-order valence-electron chi connectivity index (χ0n) is 28.7. The van der Waals surface area contributed by atoms with Crippen LogP contribution in [-0.4, -0.2) is 115 Å². The maximum Gasteiger partial charge on any atom is 0.306 e. The second-order valence-electron chi connectivity index (χ2n) is 13.5. The van der Waals surface area contributed by atoms with Crippen LogP contribution in [0.3, 0.4) is 0 Å². The van der Waals surface area contributed by atoms with E-state index >= 15 is 0 Å². The number of phenolic OH excluding ortho intramolecular Hbond substituents is 2. The third-order valence-corrected chi connectivity index (χ3v) is 10.1. The quantitative estimate of drug-likeness (QED) is 0.110. The molecule has 2 aromatic rings. The predicted molar refractivity (Wildman–Crippen MR) is 174 cm³/mol. The highest BCUT2D eigenvalue weighted by molar-refractivity contribution is 6.31. The number of amides is 2. The highest BCUT2D eigenvalue weighted by atomic mass is 16.7. The number of aliphatic carboxylic acids is 1. The molecular formula is C36H37NO16. The Balaban J connectivity index is 1.41. The largest absolute Gasteiger partial charge is 0.507 e. The van der Waals surface area contributed by atoms with Gasteiger partial charge in [-0.2, -0.15) is 0 Å². The van der Waals surface area contributed by atoms with Gasteiger partial charge in [-0.05, 0) is 19.4 Å². The smallest absolute Gasteiger partial charge is 0.306 e. The Bertz CT molecular complexity index is 1920. The highest BCUT2D eigenvalue weighted by Gasteiger charge is 2.51. The van der Waals surface area contributed by atoms with Crippen molar-refractivity contribution in [3.8, 4) is 17.2 Å². The Kier molecular flexibility index (Phi) is 10.1. The lowest BCUT2D eigenvalue weighted by Crippen LogP contribution is -2.59. The molecule has 0 radical (unpaired) electrons. The third kappa shape index (κ3) is 6.65. The van der Waals surface area contributed by atoms with E-state index in [1.165, 1.54) is 32.2 Å². The molecule has 2 saturated heterocycles. The maximum absolute atomic E-state index is 14.0. The van der Waals surface area contributed by atoms with Crippen LogP contribution in [0.4, 0.5) is 0 Å². The molecule has 2 aromatic carbocycles. The molecule has 282 valence electrons. The third-order valence-electron chi connectivity index (χ3n) is 10.1. The lowest BCUT2D eigenvalue weighted by atomic mass is 9.72. The number of imide groups is 1. The molecule has 4 aliphatic rings. The van der Waals surface area contributed by atoms with Gasteiger partial charge in [-0.25, -0.2) is 0 Å². The molecule has 0 saturated carbocycles. The van der Waals surface area contributed by atoms with Gasteiger partial charge in [0.1, 0.15) is 29.0 Å². The number of carboxylic acid groups (broad SMARTS) is 1. The minimum atomic E-state index is -2.51. The summed E-state index contributed by atoms with van der Waals surface area (Å²) in [6.45, 7) is 0.442. The fourth-order valence-corrected chi connectivity index (χ4v) is 7.50. The fraction of sp³-hybridized carbons (Fsp3) is 0.472. The summed E-state index contributed by atoms with van der Waals surface area (Å²) < 4.78 is 22.3. The summed E-state index contributed by atoms with van der Waals surface area (Å²) in [7, 11) is 1.28. The molecule has 2 amide bonds. The number of esters is 1. The Labute approximate surface area is 301 Å². The van der Waals surface area contributed by atoms with Gasteiger partial charge in [0.2, 0.25) is 23.4 Å². The lowest BCUT2D eigenvalue weighted by Gasteiger charge is -2.45. The molecule has 0 aromatic heterocycles. The van der Waals surface area contributed by atoms with Crippen molar-refractivity contribution >= 4 is 41.1 Å². The Hall–Kier alpha value is -5.23. The van der Waals surface area contributed by atoms with Gasteiger partial charge in [0.25, 0.3) is 0 Å². The van der Waals surface area contributed by atoms with E-state index in [9.17, 15) is 54.0 Å². The first-order chi connectivity index (χ1) is 25.1. The minimum Gasteiger partial charge on any atom is -0.507 e. The molecule has 6 rings (SSSR count). The van der Waals surface area contributed by atoms with Crippen LogP contribution in [0.15, 0.2) is 18.2 Å². The van der Waals surface area contributed by atoms with Crippen LogP contribution in [0.2, 0.25) is 0 Å². The number of Topliss-reactive ketones (excluding diaryl/α,β-unsaturated/α-hetero) is 1. The van der Waals surface area contributed by atoms with E-state index in [2.05, 4.69) is 0 Å². The number of fused-ring (bicyclic) bond motifs is 3. The molecular weight excluding hydrogens is 702 g/mol. The summed E-state index contributed by atoms with van der Waals surface area (Å²) in [4.78, 5) is 90.9. The number of likely N-dealkylation sites (tertiary alicyclic amines) is 1. The van der Waals surface area contributed by atoms with E-state index in [0.29, 0.717) is 6.42 Å². The average molecular weight is 740 g/mol. The SMILES string of the molecule is COc1cccc2c1C(=O)c1c(O)c3c(c(O)c1C2=O)C[C@@](O)(C(=O)COC(=O)CCC(=O)O)C[C@@H]3O[C@H]1C[C@H](N2C(=O)CCCC2=O)[C@H](O)[C@H](C)O1. The van der Waals surface area contributed by atoms with Gasteiger partial charge in [0.05, 0.1) is 54.9 Å². The number of rotatable bonds is 10. The zero-order valence-corrected chi connectivity index (χ0v) is 28.7. The number of phenols is 2. The summed E-state index contributed by atoms with van der Waals surface area (Å²) in [6.07, 6.45) is -7.72. The van der Waals surface area contributed by atoms with Crippen molar-refractivity contribution < 1.29 is 78.0 Å². The van der Waals surface area contributed by atoms with Crippen LogP contribution >= 0.6 is 0 Å². The molecule has 53 heavy (non-hydrogen) atoms. The van der Waals surface area contributed by atoms with Gasteiger partial charge in [0.15, 0.2) is 18.7 Å². The van der Waals surface area contributed by atoms with Gasteiger partial charge < -0.3 is 44.5 Å². The normalized spacial score (nSPS) is 26.7. The molecule has 2 aliphatic heterocycles. The van der Waals surface area contributed by atoms with E-state index in [1.54, 1.807) is 0 Å². The van der Waals surface area contributed by atoms with Crippen LogP contribution < -0.4 is 4.74 Å². The van der Waals surface area contributed by atoms with Crippen LogP contribution in [0, 0.1) is 0 Å². The van der Waals surface area contributed by atoms with Gasteiger partial charge in [0, 0.05) is 48.8 Å². The van der Waals surface area contributed by atoms with Crippen molar-refractivity contribution in [3.63, 3.8) is 0 Å². The maximum atomic E-state index is 14.0. The molecule has 0 bridgehead atoms. The lowest BCUT2D eigenvalue weighted by molar-refractivity contribution is -0.257. The summed E-state index contributed by atoms with van der Waals surface area (Å²) in [5, 5.41) is 55.2. The standard InChI is InChI=1S/C36H37NO16/c1-15-31(44)18(37-22(39)7-4-8-23(37)40)11-26(52-15)53-20-13-36(49,21(38)14-51-25(43)10-9-24(41)42)12-17-28(20)35(48)30-29(33(17)46)32(45)16-5-3-6-19(50-2)27(16)34(30)47/h3,5-6,15,18,20,26,31,44,46,48-49H,4,7-14H2,1-2H3,(H,41,42)/t15-,18-,20-,26-,31+,36-/m0/s1. The number of aliphatic hydroxyl groups excluding tert-OH is 1. The molecule has 17 nitrogen and oxygen atoms in total.